The average Bonchev–Trinajstić information content (AvgIpc) is 2.52. The fourth-order valence-corrected chi connectivity index (χ4v) is 3.26. The zero-order valence-corrected chi connectivity index (χ0v) is 15.0. The van der Waals surface area contributed by atoms with Crippen molar-refractivity contribution in [3.63, 3.8) is 0 Å². The highest BCUT2D eigenvalue weighted by Crippen LogP contribution is 2.25. The topological polar surface area (TPSA) is 58.4 Å². The Bertz CT molecular complexity index is 551. The van der Waals surface area contributed by atoms with E-state index in [0.717, 1.165) is 25.9 Å². The van der Waals surface area contributed by atoms with Crippen LogP contribution in [-0.2, 0) is 17.8 Å². The van der Waals surface area contributed by atoms with Gasteiger partial charge in [0.25, 0.3) is 0 Å². The molecule has 0 aromatic heterocycles. The molecule has 2 rings (SSSR count). The van der Waals surface area contributed by atoms with Crippen LogP contribution in [0.5, 0.6) is 0 Å². The maximum absolute atomic E-state index is 12.3. The van der Waals surface area contributed by atoms with Crippen molar-refractivity contribution in [2.24, 2.45) is 5.73 Å². The third-order valence-corrected chi connectivity index (χ3v) is 4.96. The molecule has 4 nitrogen and oxygen atoms in total. The summed E-state index contributed by atoms with van der Waals surface area (Å²) in [5.74, 6) is -0.0511. The normalized spacial score (nSPS) is 18.1. The highest BCUT2D eigenvalue weighted by atomic mass is 16.2. The second kappa shape index (κ2) is 7.02. The van der Waals surface area contributed by atoms with E-state index in [1.54, 1.807) is 0 Å². The quantitative estimate of drug-likeness (QED) is 0.847. The smallest absolute Gasteiger partial charge is 0.239 e. The first-order valence-electron chi connectivity index (χ1n) is 8.65. The number of carbonyl (C=O) groups excluding carboxylic acids is 1. The molecular weight excluding hydrogens is 286 g/mol. The van der Waals surface area contributed by atoms with Crippen molar-refractivity contribution >= 4 is 5.91 Å². The predicted octanol–water partition coefficient (Wildman–Crippen LogP) is 2.46. The molecule has 0 radical (unpaired) electrons. The Balaban J connectivity index is 1.96. The highest BCUT2D eigenvalue weighted by molar-refractivity contribution is 5.85. The number of nitrogens with zero attached hydrogens (tertiary/aromatic N) is 1. The van der Waals surface area contributed by atoms with E-state index in [9.17, 15) is 4.79 Å². The van der Waals surface area contributed by atoms with Crippen LogP contribution in [-0.4, -0.2) is 35.0 Å². The maximum atomic E-state index is 12.3. The van der Waals surface area contributed by atoms with E-state index in [0.29, 0.717) is 13.0 Å². The van der Waals surface area contributed by atoms with Crippen LogP contribution in [0.15, 0.2) is 24.3 Å². The van der Waals surface area contributed by atoms with Crippen molar-refractivity contribution in [2.75, 3.05) is 13.1 Å². The third kappa shape index (κ3) is 4.33. The van der Waals surface area contributed by atoms with Crippen molar-refractivity contribution < 1.29 is 4.79 Å². The molecule has 1 atom stereocenters. The van der Waals surface area contributed by atoms with Gasteiger partial charge >= 0.3 is 0 Å². The summed E-state index contributed by atoms with van der Waals surface area (Å²) in [5.41, 5.74) is 8.09. The standard InChI is InChI=1S/C19H31N3O/c1-5-11-19(4,20)17(23)21-14-18(2,3)22-12-10-15-8-6-7-9-16(15)13-22/h6-9H,5,10-14,20H2,1-4H3,(H,21,23). The summed E-state index contributed by atoms with van der Waals surface area (Å²) in [5, 5.41) is 3.06. The van der Waals surface area contributed by atoms with E-state index in [4.69, 9.17) is 5.73 Å². The van der Waals surface area contributed by atoms with Crippen LogP contribution in [0, 0.1) is 0 Å². The van der Waals surface area contributed by atoms with Gasteiger partial charge in [-0.05, 0) is 44.7 Å². The Hall–Kier alpha value is -1.39. The number of benzene rings is 1. The van der Waals surface area contributed by atoms with Crippen LogP contribution < -0.4 is 11.1 Å². The molecule has 0 saturated heterocycles. The molecule has 0 saturated carbocycles. The summed E-state index contributed by atoms with van der Waals surface area (Å²) in [6.07, 6.45) is 2.68. The van der Waals surface area contributed by atoms with E-state index in [2.05, 4.69) is 48.3 Å². The first-order chi connectivity index (χ1) is 10.8. The molecule has 23 heavy (non-hydrogen) atoms. The van der Waals surface area contributed by atoms with Gasteiger partial charge in [-0.15, -0.1) is 0 Å². The minimum absolute atomic E-state index is 0.0511. The first-order valence-corrected chi connectivity index (χ1v) is 8.65. The SMILES string of the molecule is CCCC(C)(N)C(=O)NCC(C)(C)N1CCc2ccccc2C1. The third-order valence-electron chi connectivity index (χ3n) is 4.96. The number of nitrogens with two attached hydrogens (primary N) is 1. The van der Waals surface area contributed by atoms with E-state index in [1.165, 1.54) is 11.1 Å². The summed E-state index contributed by atoms with van der Waals surface area (Å²) in [7, 11) is 0. The van der Waals surface area contributed by atoms with Crippen LogP contribution in [0.25, 0.3) is 0 Å². The molecule has 1 aliphatic heterocycles. The minimum atomic E-state index is -0.778. The molecule has 128 valence electrons. The molecule has 0 bridgehead atoms. The van der Waals surface area contributed by atoms with Crippen molar-refractivity contribution in [3.8, 4) is 0 Å². The summed E-state index contributed by atoms with van der Waals surface area (Å²) in [4.78, 5) is 14.8. The predicted molar refractivity (Wildman–Crippen MR) is 95.1 cm³/mol. The van der Waals surface area contributed by atoms with Gasteiger partial charge in [0, 0.05) is 25.2 Å². The van der Waals surface area contributed by atoms with Gasteiger partial charge < -0.3 is 11.1 Å². The van der Waals surface area contributed by atoms with Crippen LogP contribution in [0.3, 0.4) is 0 Å². The van der Waals surface area contributed by atoms with E-state index >= 15 is 0 Å². The van der Waals surface area contributed by atoms with Crippen molar-refractivity contribution in [1.82, 2.24) is 10.2 Å². The van der Waals surface area contributed by atoms with Crippen LogP contribution in [0.4, 0.5) is 0 Å². The number of hydrogen-bond acceptors (Lipinski definition) is 3. The monoisotopic (exact) mass is 317 g/mol. The molecule has 1 aliphatic rings. The Labute approximate surface area is 140 Å². The summed E-state index contributed by atoms with van der Waals surface area (Å²) in [6.45, 7) is 10.8. The molecule has 1 aromatic carbocycles. The number of amides is 1. The zero-order chi connectivity index (χ0) is 17.1. The van der Waals surface area contributed by atoms with Crippen LogP contribution in [0.2, 0.25) is 0 Å². The fourth-order valence-electron chi connectivity index (χ4n) is 3.26. The molecule has 1 heterocycles. The highest BCUT2D eigenvalue weighted by Gasteiger charge is 2.33. The molecule has 0 spiro atoms. The molecular formula is C19H31N3O. The van der Waals surface area contributed by atoms with Crippen LogP contribution in [0.1, 0.15) is 51.7 Å². The lowest BCUT2D eigenvalue weighted by atomic mass is 9.93. The van der Waals surface area contributed by atoms with Crippen molar-refractivity contribution in [1.29, 1.82) is 0 Å². The molecule has 1 unspecified atom stereocenters. The van der Waals surface area contributed by atoms with Crippen LogP contribution >= 0.6 is 0 Å². The molecule has 0 aliphatic carbocycles. The number of hydrogen-bond donors (Lipinski definition) is 2. The second-order valence-corrected chi connectivity index (χ2v) is 7.60. The average molecular weight is 317 g/mol. The summed E-state index contributed by atoms with van der Waals surface area (Å²) in [6, 6.07) is 8.62. The molecule has 1 amide bonds. The van der Waals surface area contributed by atoms with Gasteiger partial charge in [-0.1, -0.05) is 37.6 Å². The van der Waals surface area contributed by atoms with Gasteiger partial charge in [-0.2, -0.15) is 0 Å². The van der Waals surface area contributed by atoms with Gasteiger partial charge in [0.05, 0.1) is 5.54 Å². The van der Waals surface area contributed by atoms with Crippen molar-refractivity contribution in [2.45, 2.75) is 64.6 Å². The molecule has 0 fully saturated rings. The number of rotatable bonds is 6. The van der Waals surface area contributed by atoms with Gasteiger partial charge in [0.2, 0.25) is 5.91 Å². The fraction of sp³-hybridized carbons (Fsp3) is 0.632. The zero-order valence-electron chi connectivity index (χ0n) is 15.0. The molecule has 3 N–H and O–H groups in total. The first kappa shape index (κ1) is 18.0. The van der Waals surface area contributed by atoms with Gasteiger partial charge in [0.15, 0.2) is 0 Å². The molecule has 1 aromatic rings. The van der Waals surface area contributed by atoms with E-state index in [-0.39, 0.29) is 11.4 Å². The van der Waals surface area contributed by atoms with Crippen molar-refractivity contribution in [3.05, 3.63) is 35.4 Å². The lowest BCUT2D eigenvalue weighted by Crippen LogP contribution is -2.58. The van der Waals surface area contributed by atoms with Gasteiger partial charge in [-0.3, -0.25) is 9.69 Å². The lowest BCUT2D eigenvalue weighted by Gasteiger charge is -2.42. The largest absolute Gasteiger partial charge is 0.353 e. The van der Waals surface area contributed by atoms with Gasteiger partial charge in [-0.25, -0.2) is 0 Å². The Morgan fingerprint density at radius 1 is 1.26 bits per heavy atom. The molecule has 4 heteroatoms. The summed E-state index contributed by atoms with van der Waals surface area (Å²) >= 11 is 0. The summed E-state index contributed by atoms with van der Waals surface area (Å²) < 4.78 is 0. The number of nitrogens with one attached hydrogen (secondary N) is 1. The number of carbonyl (C=O) groups is 1. The van der Waals surface area contributed by atoms with E-state index in [1.807, 2.05) is 13.8 Å². The minimum Gasteiger partial charge on any atom is -0.353 e. The Morgan fingerprint density at radius 3 is 2.57 bits per heavy atom. The Morgan fingerprint density at radius 2 is 1.91 bits per heavy atom. The maximum Gasteiger partial charge on any atom is 0.239 e. The van der Waals surface area contributed by atoms with Gasteiger partial charge in [0.1, 0.15) is 0 Å². The Kier molecular flexibility index (Phi) is 5.48. The second-order valence-electron chi connectivity index (χ2n) is 7.60. The lowest BCUT2D eigenvalue weighted by molar-refractivity contribution is -0.126. The number of fused-ring (bicyclic) bond motifs is 1. The van der Waals surface area contributed by atoms with E-state index < -0.39 is 5.54 Å².